The standard InChI is InChI=1S/C29H31N3O2S/c1-21-8-13-26-28(22(21)2)30-29(35-26)32(15-14-31-16-18-34-19-17-31)27(33)20-23-9-11-25(12-10-23)24-6-4-3-5-7-24/h3-13H,14-20H2,1-2H3. The first-order valence-electron chi connectivity index (χ1n) is 12.2. The summed E-state index contributed by atoms with van der Waals surface area (Å²) in [5.74, 6) is 0.0825. The van der Waals surface area contributed by atoms with Crippen LogP contribution in [0, 0.1) is 13.8 Å². The largest absolute Gasteiger partial charge is 0.379 e. The molecule has 0 unspecified atom stereocenters. The molecule has 5 nitrogen and oxygen atoms in total. The fraction of sp³-hybridized carbons (Fsp3) is 0.310. The Balaban J connectivity index is 1.37. The lowest BCUT2D eigenvalue weighted by atomic mass is 10.0. The van der Waals surface area contributed by atoms with E-state index in [0.717, 1.165) is 59.3 Å². The van der Waals surface area contributed by atoms with Crippen LogP contribution in [0.4, 0.5) is 5.13 Å². The Morgan fingerprint density at radius 3 is 2.43 bits per heavy atom. The fourth-order valence-electron chi connectivity index (χ4n) is 4.44. The molecule has 0 N–H and O–H groups in total. The number of anilines is 1. The predicted octanol–water partition coefficient (Wildman–Crippen LogP) is 5.49. The van der Waals surface area contributed by atoms with Crippen molar-refractivity contribution in [1.29, 1.82) is 0 Å². The van der Waals surface area contributed by atoms with Gasteiger partial charge in [-0.15, -0.1) is 0 Å². The highest BCUT2D eigenvalue weighted by molar-refractivity contribution is 7.22. The van der Waals surface area contributed by atoms with Gasteiger partial charge in [0, 0.05) is 26.2 Å². The van der Waals surface area contributed by atoms with Crippen LogP contribution in [0.1, 0.15) is 16.7 Å². The van der Waals surface area contributed by atoms with Crippen molar-refractivity contribution in [3.05, 3.63) is 83.4 Å². The minimum Gasteiger partial charge on any atom is -0.379 e. The lowest BCUT2D eigenvalue weighted by Crippen LogP contribution is -2.43. The van der Waals surface area contributed by atoms with E-state index in [4.69, 9.17) is 9.72 Å². The van der Waals surface area contributed by atoms with Crippen LogP contribution >= 0.6 is 11.3 Å². The second-order valence-corrected chi connectivity index (χ2v) is 10.1. The van der Waals surface area contributed by atoms with Gasteiger partial charge in [0.1, 0.15) is 0 Å². The molecule has 6 heteroatoms. The second-order valence-electron chi connectivity index (χ2n) is 9.09. The monoisotopic (exact) mass is 485 g/mol. The highest BCUT2D eigenvalue weighted by Crippen LogP contribution is 2.32. The molecular formula is C29H31N3O2S. The number of benzene rings is 3. The second kappa shape index (κ2) is 10.7. The third kappa shape index (κ3) is 5.45. The summed E-state index contributed by atoms with van der Waals surface area (Å²) < 4.78 is 6.62. The molecule has 0 atom stereocenters. The third-order valence-electron chi connectivity index (χ3n) is 6.77. The maximum atomic E-state index is 13.6. The Bertz CT molecular complexity index is 1300. The van der Waals surface area contributed by atoms with Crippen molar-refractivity contribution in [2.75, 3.05) is 44.3 Å². The van der Waals surface area contributed by atoms with Gasteiger partial charge in [-0.25, -0.2) is 4.98 Å². The summed E-state index contributed by atoms with van der Waals surface area (Å²) in [6.07, 6.45) is 0.353. The Morgan fingerprint density at radius 1 is 0.971 bits per heavy atom. The van der Waals surface area contributed by atoms with E-state index in [-0.39, 0.29) is 5.91 Å². The number of thiazole rings is 1. The first kappa shape index (κ1) is 23.7. The molecule has 1 aliphatic rings. The van der Waals surface area contributed by atoms with E-state index in [1.165, 1.54) is 16.7 Å². The first-order chi connectivity index (χ1) is 17.1. The van der Waals surface area contributed by atoms with Gasteiger partial charge in [-0.2, -0.15) is 0 Å². The predicted molar refractivity (Wildman–Crippen MR) is 144 cm³/mol. The highest BCUT2D eigenvalue weighted by atomic mass is 32.1. The zero-order valence-corrected chi connectivity index (χ0v) is 21.2. The van der Waals surface area contributed by atoms with E-state index in [2.05, 4.69) is 67.3 Å². The molecule has 35 heavy (non-hydrogen) atoms. The van der Waals surface area contributed by atoms with Crippen molar-refractivity contribution < 1.29 is 9.53 Å². The average Bonchev–Trinajstić information content (AvgIpc) is 3.33. The number of nitrogens with zero attached hydrogens (tertiary/aromatic N) is 3. The minimum absolute atomic E-state index is 0.0825. The van der Waals surface area contributed by atoms with E-state index in [1.807, 2.05) is 23.1 Å². The Labute approximate surface area is 211 Å². The van der Waals surface area contributed by atoms with E-state index in [0.29, 0.717) is 13.0 Å². The molecule has 1 saturated heterocycles. The Kier molecular flexibility index (Phi) is 7.23. The molecule has 3 aromatic carbocycles. The van der Waals surface area contributed by atoms with Crippen LogP contribution < -0.4 is 4.90 Å². The average molecular weight is 486 g/mol. The van der Waals surface area contributed by atoms with Gasteiger partial charge in [-0.05, 0) is 47.7 Å². The number of aromatic nitrogens is 1. The Hall–Kier alpha value is -3.06. The first-order valence-corrected chi connectivity index (χ1v) is 13.0. The van der Waals surface area contributed by atoms with Gasteiger partial charge in [0.2, 0.25) is 5.91 Å². The molecule has 0 saturated carbocycles. The van der Waals surface area contributed by atoms with Crippen LogP contribution in [0.3, 0.4) is 0 Å². The summed E-state index contributed by atoms with van der Waals surface area (Å²) in [4.78, 5) is 22.8. The number of ether oxygens (including phenoxy) is 1. The summed E-state index contributed by atoms with van der Waals surface area (Å²) in [7, 11) is 0. The fourth-order valence-corrected chi connectivity index (χ4v) is 5.51. The van der Waals surface area contributed by atoms with Crippen LogP contribution in [0.5, 0.6) is 0 Å². The van der Waals surface area contributed by atoms with Crippen LogP contribution in [0.2, 0.25) is 0 Å². The highest BCUT2D eigenvalue weighted by Gasteiger charge is 2.22. The molecule has 0 bridgehead atoms. The number of fused-ring (bicyclic) bond motifs is 1. The summed E-state index contributed by atoms with van der Waals surface area (Å²) >= 11 is 1.60. The van der Waals surface area contributed by atoms with Crippen molar-refractivity contribution >= 4 is 32.6 Å². The molecule has 0 radical (unpaired) electrons. The summed E-state index contributed by atoms with van der Waals surface area (Å²) in [5, 5.41) is 0.785. The number of hydrogen-bond donors (Lipinski definition) is 0. The van der Waals surface area contributed by atoms with Crippen molar-refractivity contribution in [3.63, 3.8) is 0 Å². The van der Waals surface area contributed by atoms with E-state index < -0.39 is 0 Å². The summed E-state index contributed by atoms with van der Waals surface area (Å²) in [6, 6.07) is 22.9. The molecule has 4 aromatic rings. The quantitative estimate of drug-likeness (QED) is 0.347. The number of hydrogen-bond acceptors (Lipinski definition) is 5. The van der Waals surface area contributed by atoms with Crippen LogP contribution in [0.25, 0.3) is 21.3 Å². The SMILES string of the molecule is Cc1ccc2sc(N(CCN3CCOCC3)C(=O)Cc3ccc(-c4ccccc4)cc3)nc2c1C. The molecule has 0 aliphatic carbocycles. The zero-order valence-electron chi connectivity index (χ0n) is 20.4. The summed E-state index contributed by atoms with van der Waals surface area (Å²) in [5.41, 5.74) is 6.75. The van der Waals surface area contributed by atoms with Crippen LogP contribution in [-0.4, -0.2) is 55.2 Å². The van der Waals surface area contributed by atoms with Gasteiger partial charge in [-0.3, -0.25) is 14.6 Å². The lowest BCUT2D eigenvalue weighted by Gasteiger charge is -2.29. The number of carbonyl (C=O) groups is 1. The number of morpholine rings is 1. The molecule has 1 aromatic heterocycles. The molecule has 1 fully saturated rings. The van der Waals surface area contributed by atoms with Crippen molar-refractivity contribution in [1.82, 2.24) is 9.88 Å². The lowest BCUT2D eigenvalue weighted by molar-refractivity contribution is -0.118. The third-order valence-corrected chi connectivity index (χ3v) is 7.81. The number of aryl methyl sites for hydroxylation is 2. The van der Waals surface area contributed by atoms with Crippen molar-refractivity contribution in [2.24, 2.45) is 0 Å². The zero-order chi connectivity index (χ0) is 24.2. The number of rotatable bonds is 7. The van der Waals surface area contributed by atoms with Crippen molar-refractivity contribution in [2.45, 2.75) is 20.3 Å². The molecular weight excluding hydrogens is 454 g/mol. The number of carbonyl (C=O) groups excluding carboxylic acids is 1. The smallest absolute Gasteiger partial charge is 0.233 e. The van der Waals surface area contributed by atoms with Crippen molar-refractivity contribution in [3.8, 4) is 11.1 Å². The van der Waals surface area contributed by atoms with Gasteiger partial charge < -0.3 is 4.74 Å². The van der Waals surface area contributed by atoms with E-state index in [1.54, 1.807) is 11.3 Å². The normalized spacial score (nSPS) is 14.3. The van der Waals surface area contributed by atoms with Crippen LogP contribution in [-0.2, 0) is 16.0 Å². The van der Waals surface area contributed by atoms with Crippen LogP contribution in [0.15, 0.2) is 66.7 Å². The minimum atomic E-state index is 0.0825. The van der Waals surface area contributed by atoms with E-state index >= 15 is 0 Å². The number of amides is 1. The van der Waals surface area contributed by atoms with Gasteiger partial charge >= 0.3 is 0 Å². The molecule has 5 rings (SSSR count). The van der Waals surface area contributed by atoms with E-state index in [9.17, 15) is 4.79 Å². The molecule has 0 spiro atoms. The molecule has 1 amide bonds. The topological polar surface area (TPSA) is 45.7 Å². The summed E-state index contributed by atoms with van der Waals surface area (Å²) in [6.45, 7) is 8.96. The van der Waals surface area contributed by atoms with Gasteiger partial charge in [0.05, 0.1) is 29.9 Å². The Morgan fingerprint density at radius 2 is 1.69 bits per heavy atom. The van der Waals surface area contributed by atoms with Gasteiger partial charge in [0.15, 0.2) is 5.13 Å². The maximum Gasteiger partial charge on any atom is 0.233 e. The maximum absolute atomic E-state index is 13.6. The van der Waals surface area contributed by atoms with Gasteiger partial charge in [0.25, 0.3) is 0 Å². The molecule has 2 heterocycles. The molecule has 180 valence electrons. The molecule has 1 aliphatic heterocycles. The van der Waals surface area contributed by atoms with Gasteiger partial charge in [-0.1, -0.05) is 72.0 Å².